The molecule has 1 fully saturated rings. The summed E-state index contributed by atoms with van der Waals surface area (Å²) in [6.07, 6.45) is 5.54. The number of halogens is 1. The fourth-order valence-electron chi connectivity index (χ4n) is 3.03. The molecule has 2 aromatic heterocycles. The van der Waals surface area contributed by atoms with E-state index in [1.54, 1.807) is 12.4 Å². The van der Waals surface area contributed by atoms with Crippen molar-refractivity contribution < 1.29 is 0 Å². The maximum Gasteiger partial charge on any atom is 0.272 e. The summed E-state index contributed by atoms with van der Waals surface area (Å²) in [6.45, 7) is 7.01. The third-order valence-electron chi connectivity index (χ3n) is 4.23. The van der Waals surface area contributed by atoms with Crippen LogP contribution >= 0.6 is 11.6 Å². The largest absolute Gasteiger partial charge is 0.354 e. The molecule has 0 amide bonds. The summed E-state index contributed by atoms with van der Waals surface area (Å²) in [7, 11) is 0. The molecule has 1 N–H and O–H groups in total. The van der Waals surface area contributed by atoms with Crippen LogP contribution in [0, 0.1) is 0 Å². The lowest BCUT2D eigenvalue weighted by Gasteiger charge is -2.23. The molecular formula is C17H22ClN5O. The first kappa shape index (κ1) is 16.9. The fourth-order valence-corrected chi connectivity index (χ4v) is 3.23. The predicted octanol–water partition coefficient (Wildman–Crippen LogP) is 2.41. The third kappa shape index (κ3) is 3.76. The van der Waals surface area contributed by atoms with Gasteiger partial charge < -0.3 is 14.8 Å². The van der Waals surface area contributed by atoms with Crippen LogP contribution in [0.25, 0.3) is 11.4 Å². The Bertz CT molecular complexity index is 734. The molecule has 128 valence electrons. The maximum absolute atomic E-state index is 12.2. The van der Waals surface area contributed by atoms with E-state index in [9.17, 15) is 4.79 Å². The van der Waals surface area contributed by atoms with Crippen molar-refractivity contribution in [3.8, 4) is 11.4 Å². The van der Waals surface area contributed by atoms with Crippen molar-refractivity contribution in [3.63, 3.8) is 0 Å². The lowest BCUT2D eigenvalue weighted by molar-refractivity contribution is 0.294. The quantitative estimate of drug-likeness (QED) is 0.920. The molecule has 3 rings (SSSR count). The molecule has 0 bridgehead atoms. The summed E-state index contributed by atoms with van der Waals surface area (Å²) >= 11 is 6.26. The van der Waals surface area contributed by atoms with Gasteiger partial charge in [0.05, 0.1) is 0 Å². The number of H-pyrrole nitrogens is 1. The zero-order chi connectivity index (χ0) is 16.9. The molecule has 0 saturated carbocycles. The minimum absolute atomic E-state index is 0.164. The molecule has 2 aromatic rings. The molecule has 0 aromatic carbocycles. The van der Waals surface area contributed by atoms with Crippen LogP contribution in [-0.4, -0.2) is 52.6 Å². The third-order valence-corrected chi connectivity index (χ3v) is 4.57. The van der Waals surface area contributed by atoms with Crippen molar-refractivity contribution in [1.29, 1.82) is 0 Å². The number of aromatic nitrogens is 3. The number of hydrogen-bond acceptors (Lipinski definition) is 5. The van der Waals surface area contributed by atoms with Crippen LogP contribution in [0.2, 0.25) is 5.02 Å². The molecule has 0 aliphatic carbocycles. The average molecular weight is 348 g/mol. The molecule has 1 aliphatic heterocycles. The van der Waals surface area contributed by atoms with Gasteiger partial charge in [-0.25, -0.2) is 4.98 Å². The van der Waals surface area contributed by atoms with Crippen LogP contribution < -0.4 is 10.5 Å². The molecule has 3 heterocycles. The Kier molecular flexibility index (Phi) is 5.48. The van der Waals surface area contributed by atoms with Crippen molar-refractivity contribution in [2.75, 3.05) is 37.6 Å². The summed E-state index contributed by atoms with van der Waals surface area (Å²) in [5.74, 6) is 1.10. The Morgan fingerprint density at radius 2 is 2.00 bits per heavy atom. The van der Waals surface area contributed by atoms with Crippen LogP contribution in [0.15, 0.2) is 29.3 Å². The SMILES string of the molecule is CCCN1CCCN(c2nc(-c3ccncc3)[nH]c(=O)c2Cl)CC1. The van der Waals surface area contributed by atoms with Gasteiger partial charge in [-0.2, -0.15) is 0 Å². The number of hydrogen-bond donors (Lipinski definition) is 1. The fraction of sp³-hybridized carbons (Fsp3) is 0.471. The lowest BCUT2D eigenvalue weighted by atomic mass is 10.2. The minimum atomic E-state index is -0.303. The second kappa shape index (κ2) is 7.77. The molecule has 1 aliphatic rings. The standard InChI is InChI=1S/C17H22ClN5O/c1-2-8-22-9-3-10-23(12-11-22)16-14(18)17(24)21-15(20-16)13-4-6-19-7-5-13/h4-7H,2-3,8-12H2,1H3,(H,20,21,24). The van der Waals surface area contributed by atoms with Gasteiger partial charge in [0, 0.05) is 37.6 Å². The van der Waals surface area contributed by atoms with Gasteiger partial charge >= 0.3 is 0 Å². The van der Waals surface area contributed by atoms with E-state index < -0.39 is 0 Å². The maximum atomic E-state index is 12.2. The van der Waals surface area contributed by atoms with Crippen LogP contribution in [0.4, 0.5) is 5.82 Å². The molecule has 0 radical (unpaired) electrons. The van der Waals surface area contributed by atoms with Gasteiger partial charge in [0.25, 0.3) is 5.56 Å². The smallest absolute Gasteiger partial charge is 0.272 e. The number of nitrogens with zero attached hydrogens (tertiary/aromatic N) is 4. The average Bonchev–Trinajstić information content (AvgIpc) is 2.84. The normalized spacial score (nSPS) is 16.2. The first-order valence-corrected chi connectivity index (χ1v) is 8.74. The highest BCUT2D eigenvalue weighted by molar-refractivity contribution is 6.32. The van der Waals surface area contributed by atoms with E-state index in [1.165, 1.54) is 0 Å². The van der Waals surface area contributed by atoms with Gasteiger partial charge in [0.15, 0.2) is 5.82 Å². The predicted molar refractivity (Wildman–Crippen MR) is 96.7 cm³/mol. The molecule has 0 spiro atoms. The van der Waals surface area contributed by atoms with E-state index in [4.69, 9.17) is 11.6 Å². The van der Waals surface area contributed by atoms with Gasteiger partial charge in [-0.1, -0.05) is 18.5 Å². The summed E-state index contributed by atoms with van der Waals surface area (Å²) in [4.78, 5) is 28.2. The summed E-state index contributed by atoms with van der Waals surface area (Å²) in [5.41, 5.74) is 0.519. The number of pyridine rings is 1. The van der Waals surface area contributed by atoms with E-state index in [-0.39, 0.29) is 10.6 Å². The highest BCUT2D eigenvalue weighted by Gasteiger charge is 2.20. The lowest BCUT2D eigenvalue weighted by Crippen LogP contribution is -2.32. The van der Waals surface area contributed by atoms with Gasteiger partial charge in [-0.15, -0.1) is 0 Å². The highest BCUT2D eigenvalue weighted by atomic mass is 35.5. The molecular weight excluding hydrogens is 326 g/mol. The zero-order valence-electron chi connectivity index (χ0n) is 13.8. The number of aromatic amines is 1. The topological polar surface area (TPSA) is 65.1 Å². The molecule has 7 heteroatoms. The van der Waals surface area contributed by atoms with Crippen molar-refractivity contribution >= 4 is 17.4 Å². The Morgan fingerprint density at radius 1 is 1.21 bits per heavy atom. The minimum Gasteiger partial charge on any atom is -0.354 e. The van der Waals surface area contributed by atoms with Crippen molar-refractivity contribution in [3.05, 3.63) is 39.9 Å². The van der Waals surface area contributed by atoms with Gasteiger partial charge in [0.1, 0.15) is 10.8 Å². The van der Waals surface area contributed by atoms with E-state index in [1.807, 2.05) is 12.1 Å². The van der Waals surface area contributed by atoms with Gasteiger partial charge in [0.2, 0.25) is 0 Å². The van der Waals surface area contributed by atoms with E-state index in [0.29, 0.717) is 11.6 Å². The molecule has 1 saturated heterocycles. The van der Waals surface area contributed by atoms with Gasteiger partial charge in [-0.3, -0.25) is 9.78 Å². The van der Waals surface area contributed by atoms with Crippen LogP contribution in [0.5, 0.6) is 0 Å². The second-order valence-corrected chi connectivity index (χ2v) is 6.35. The second-order valence-electron chi connectivity index (χ2n) is 5.97. The van der Waals surface area contributed by atoms with Crippen LogP contribution in [-0.2, 0) is 0 Å². The van der Waals surface area contributed by atoms with Crippen molar-refractivity contribution in [1.82, 2.24) is 19.9 Å². The van der Waals surface area contributed by atoms with Crippen molar-refractivity contribution in [2.45, 2.75) is 19.8 Å². The number of anilines is 1. The first-order valence-electron chi connectivity index (χ1n) is 8.36. The summed E-state index contributed by atoms with van der Waals surface area (Å²) in [6, 6.07) is 3.64. The number of rotatable bonds is 4. The summed E-state index contributed by atoms with van der Waals surface area (Å²) < 4.78 is 0. The van der Waals surface area contributed by atoms with E-state index >= 15 is 0 Å². The zero-order valence-corrected chi connectivity index (χ0v) is 14.6. The van der Waals surface area contributed by atoms with Crippen LogP contribution in [0.3, 0.4) is 0 Å². The number of nitrogens with one attached hydrogen (secondary N) is 1. The van der Waals surface area contributed by atoms with Crippen molar-refractivity contribution in [2.24, 2.45) is 0 Å². The molecule has 6 nitrogen and oxygen atoms in total. The van der Waals surface area contributed by atoms with E-state index in [0.717, 1.165) is 51.1 Å². The Hall–Kier alpha value is -1.92. The van der Waals surface area contributed by atoms with Gasteiger partial charge in [-0.05, 0) is 38.1 Å². The Labute approximate surface area is 146 Å². The monoisotopic (exact) mass is 347 g/mol. The molecule has 0 atom stereocenters. The Morgan fingerprint density at radius 3 is 2.75 bits per heavy atom. The first-order chi connectivity index (χ1) is 11.7. The summed E-state index contributed by atoms with van der Waals surface area (Å²) in [5, 5.41) is 0.164. The van der Waals surface area contributed by atoms with Crippen LogP contribution in [0.1, 0.15) is 19.8 Å². The molecule has 0 unspecified atom stereocenters. The highest BCUT2D eigenvalue weighted by Crippen LogP contribution is 2.24. The van der Waals surface area contributed by atoms with E-state index in [2.05, 4.69) is 31.7 Å². The molecule has 24 heavy (non-hydrogen) atoms. The Balaban J connectivity index is 1.90.